The topological polar surface area (TPSA) is 64.1 Å². The standard InChI is InChI=1S/C19H16FN3O2/c20-16-1-3-17(4-2-16)25-13-19(24)23-12-14-5-10-22-18(11-14)15-6-8-21-9-7-15/h1-11H,12-13H2,(H,23,24). The van der Waals surface area contributed by atoms with Crippen molar-refractivity contribution in [2.24, 2.45) is 0 Å². The molecule has 3 rings (SSSR count). The molecule has 0 saturated heterocycles. The van der Waals surface area contributed by atoms with Crippen LogP contribution in [0.25, 0.3) is 11.3 Å². The number of pyridine rings is 2. The summed E-state index contributed by atoms with van der Waals surface area (Å²) < 4.78 is 18.1. The molecule has 0 spiro atoms. The molecule has 6 heteroatoms. The fourth-order valence-corrected chi connectivity index (χ4v) is 2.20. The van der Waals surface area contributed by atoms with E-state index < -0.39 is 0 Å². The number of ether oxygens (including phenoxy) is 1. The van der Waals surface area contributed by atoms with Crippen molar-refractivity contribution >= 4 is 5.91 Å². The highest BCUT2D eigenvalue weighted by atomic mass is 19.1. The first-order valence-electron chi connectivity index (χ1n) is 7.71. The molecule has 0 aliphatic heterocycles. The molecule has 0 fully saturated rings. The second kappa shape index (κ2) is 8.01. The Morgan fingerprint density at radius 1 is 1.04 bits per heavy atom. The normalized spacial score (nSPS) is 10.3. The first-order valence-corrected chi connectivity index (χ1v) is 7.71. The molecule has 1 amide bonds. The number of amides is 1. The summed E-state index contributed by atoms with van der Waals surface area (Å²) in [5.41, 5.74) is 2.71. The number of nitrogens with zero attached hydrogens (tertiary/aromatic N) is 2. The summed E-state index contributed by atoms with van der Waals surface area (Å²) in [6, 6.07) is 13.0. The van der Waals surface area contributed by atoms with Crippen LogP contribution in [0.1, 0.15) is 5.56 Å². The zero-order valence-corrected chi connectivity index (χ0v) is 13.4. The van der Waals surface area contributed by atoms with Crippen molar-refractivity contribution in [1.82, 2.24) is 15.3 Å². The monoisotopic (exact) mass is 337 g/mol. The van der Waals surface area contributed by atoms with E-state index in [4.69, 9.17) is 4.74 Å². The summed E-state index contributed by atoms with van der Waals surface area (Å²) >= 11 is 0. The van der Waals surface area contributed by atoms with E-state index in [0.29, 0.717) is 12.3 Å². The third-order valence-electron chi connectivity index (χ3n) is 3.47. The summed E-state index contributed by atoms with van der Waals surface area (Å²) in [6.07, 6.45) is 5.11. The van der Waals surface area contributed by atoms with Gasteiger partial charge in [-0.15, -0.1) is 0 Å². The molecule has 0 bridgehead atoms. The Labute approximate surface area is 144 Å². The van der Waals surface area contributed by atoms with Crippen LogP contribution in [-0.2, 0) is 11.3 Å². The summed E-state index contributed by atoms with van der Waals surface area (Å²) in [6.45, 7) is 0.236. The van der Waals surface area contributed by atoms with Crippen molar-refractivity contribution in [3.8, 4) is 17.0 Å². The second-order valence-corrected chi connectivity index (χ2v) is 5.30. The van der Waals surface area contributed by atoms with Crippen molar-refractivity contribution in [2.45, 2.75) is 6.54 Å². The summed E-state index contributed by atoms with van der Waals surface area (Å²) in [7, 11) is 0. The maximum Gasteiger partial charge on any atom is 0.258 e. The van der Waals surface area contributed by atoms with Gasteiger partial charge in [-0.1, -0.05) is 0 Å². The van der Waals surface area contributed by atoms with E-state index in [2.05, 4.69) is 15.3 Å². The van der Waals surface area contributed by atoms with E-state index in [1.54, 1.807) is 18.6 Å². The minimum absolute atomic E-state index is 0.131. The van der Waals surface area contributed by atoms with Gasteiger partial charge in [0.15, 0.2) is 6.61 Å². The molecule has 25 heavy (non-hydrogen) atoms. The van der Waals surface area contributed by atoms with Gasteiger partial charge >= 0.3 is 0 Å². The van der Waals surface area contributed by atoms with Crippen molar-refractivity contribution in [3.05, 3.63) is 78.5 Å². The van der Waals surface area contributed by atoms with Crippen LogP contribution in [-0.4, -0.2) is 22.5 Å². The number of hydrogen-bond acceptors (Lipinski definition) is 4. The lowest BCUT2D eigenvalue weighted by Gasteiger charge is -2.08. The van der Waals surface area contributed by atoms with Crippen LogP contribution in [0, 0.1) is 5.82 Å². The summed E-state index contributed by atoms with van der Waals surface area (Å²) in [5, 5.41) is 2.78. The Morgan fingerprint density at radius 3 is 2.56 bits per heavy atom. The van der Waals surface area contributed by atoms with Gasteiger partial charge in [-0.05, 0) is 54.1 Å². The van der Waals surface area contributed by atoms with Gasteiger partial charge in [-0.2, -0.15) is 0 Å². The average molecular weight is 337 g/mol. The van der Waals surface area contributed by atoms with Crippen molar-refractivity contribution in [1.29, 1.82) is 0 Å². The van der Waals surface area contributed by atoms with Gasteiger partial charge in [0.2, 0.25) is 0 Å². The summed E-state index contributed by atoms with van der Waals surface area (Å²) in [5.74, 6) is -0.161. The molecule has 126 valence electrons. The van der Waals surface area contributed by atoms with E-state index in [1.807, 2.05) is 24.3 Å². The van der Waals surface area contributed by atoms with Crippen molar-refractivity contribution in [2.75, 3.05) is 6.61 Å². The van der Waals surface area contributed by atoms with Gasteiger partial charge in [0.1, 0.15) is 11.6 Å². The molecular formula is C19H16FN3O2. The van der Waals surface area contributed by atoms with Crippen LogP contribution in [0.15, 0.2) is 67.1 Å². The van der Waals surface area contributed by atoms with E-state index in [0.717, 1.165) is 16.8 Å². The highest BCUT2D eigenvalue weighted by Crippen LogP contribution is 2.16. The molecule has 1 N–H and O–H groups in total. The molecule has 0 unspecified atom stereocenters. The van der Waals surface area contributed by atoms with Gasteiger partial charge in [-0.3, -0.25) is 14.8 Å². The maximum atomic E-state index is 12.8. The van der Waals surface area contributed by atoms with Gasteiger partial charge < -0.3 is 10.1 Å². The van der Waals surface area contributed by atoms with Gasteiger partial charge in [0.05, 0.1) is 5.69 Å². The van der Waals surface area contributed by atoms with E-state index in [-0.39, 0.29) is 18.3 Å². The number of halogens is 1. The molecule has 2 aromatic heterocycles. The van der Waals surface area contributed by atoms with E-state index in [9.17, 15) is 9.18 Å². The predicted molar refractivity (Wildman–Crippen MR) is 91.2 cm³/mol. The number of rotatable bonds is 6. The van der Waals surface area contributed by atoms with E-state index >= 15 is 0 Å². The van der Waals surface area contributed by atoms with Gasteiger partial charge in [-0.25, -0.2) is 4.39 Å². The number of aromatic nitrogens is 2. The quantitative estimate of drug-likeness (QED) is 0.751. The van der Waals surface area contributed by atoms with Crippen LogP contribution in [0.2, 0.25) is 0 Å². The maximum absolute atomic E-state index is 12.8. The molecule has 5 nitrogen and oxygen atoms in total. The summed E-state index contributed by atoms with van der Waals surface area (Å²) in [4.78, 5) is 20.2. The Balaban J connectivity index is 1.53. The van der Waals surface area contributed by atoms with Crippen LogP contribution in [0.4, 0.5) is 4.39 Å². The average Bonchev–Trinajstić information content (AvgIpc) is 2.67. The fourth-order valence-electron chi connectivity index (χ4n) is 2.20. The number of carbonyl (C=O) groups excluding carboxylic acids is 1. The smallest absolute Gasteiger partial charge is 0.258 e. The Bertz CT molecular complexity index is 839. The molecule has 0 atom stereocenters. The molecule has 0 saturated carbocycles. The lowest BCUT2D eigenvalue weighted by atomic mass is 10.1. The Kier molecular flexibility index (Phi) is 5.31. The zero-order valence-electron chi connectivity index (χ0n) is 13.4. The molecule has 0 aliphatic carbocycles. The minimum atomic E-state index is -0.348. The number of nitrogens with one attached hydrogen (secondary N) is 1. The minimum Gasteiger partial charge on any atom is -0.484 e. The van der Waals surface area contributed by atoms with Crippen LogP contribution < -0.4 is 10.1 Å². The lowest BCUT2D eigenvalue weighted by Crippen LogP contribution is -2.28. The van der Waals surface area contributed by atoms with Crippen LogP contribution in [0.5, 0.6) is 5.75 Å². The first-order chi connectivity index (χ1) is 12.2. The van der Waals surface area contributed by atoms with Crippen LogP contribution in [0.3, 0.4) is 0 Å². The van der Waals surface area contributed by atoms with Gasteiger partial charge in [0, 0.05) is 30.7 Å². The number of benzene rings is 1. The fraction of sp³-hybridized carbons (Fsp3) is 0.105. The third-order valence-corrected chi connectivity index (χ3v) is 3.47. The largest absolute Gasteiger partial charge is 0.484 e. The SMILES string of the molecule is O=C(COc1ccc(F)cc1)NCc1ccnc(-c2ccncc2)c1. The number of hydrogen-bond donors (Lipinski definition) is 1. The predicted octanol–water partition coefficient (Wildman–Crippen LogP) is 2.98. The molecule has 2 heterocycles. The third kappa shape index (κ3) is 4.84. The van der Waals surface area contributed by atoms with E-state index in [1.165, 1.54) is 24.3 Å². The van der Waals surface area contributed by atoms with Crippen molar-refractivity contribution in [3.63, 3.8) is 0 Å². The van der Waals surface area contributed by atoms with Gasteiger partial charge in [0.25, 0.3) is 5.91 Å². The lowest BCUT2D eigenvalue weighted by molar-refractivity contribution is -0.123. The second-order valence-electron chi connectivity index (χ2n) is 5.30. The highest BCUT2D eigenvalue weighted by molar-refractivity contribution is 5.77. The molecule has 1 aromatic carbocycles. The zero-order chi connectivity index (χ0) is 17.5. The molecule has 0 radical (unpaired) electrons. The Morgan fingerprint density at radius 2 is 1.80 bits per heavy atom. The van der Waals surface area contributed by atoms with Crippen LogP contribution >= 0.6 is 0 Å². The molecule has 0 aliphatic rings. The highest BCUT2D eigenvalue weighted by Gasteiger charge is 2.05. The molecular weight excluding hydrogens is 321 g/mol. The Hall–Kier alpha value is -3.28. The van der Waals surface area contributed by atoms with Crippen molar-refractivity contribution < 1.29 is 13.9 Å². The first kappa shape index (κ1) is 16.6. The molecule has 3 aromatic rings. The number of carbonyl (C=O) groups is 1.